The van der Waals surface area contributed by atoms with Crippen LogP contribution in [0.2, 0.25) is 0 Å². The van der Waals surface area contributed by atoms with Crippen LogP contribution < -0.4 is 4.72 Å². The molecule has 0 amide bonds. The predicted molar refractivity (Wildman–Crippen MR) is 66.1 cm³/mol. The van der Waals surface area contributed by atoms with Crippen LogP contribution in [0.4, 0.5) is 0 Å². The molecule has 1 rings (SSSR count). The standard InChI is InChI=1S/C10H16ClNO5S/c1-15-7-9(16-2)6-12-18(13,14)10-4-3-8(5-11)17-10/h3-4,9,12H,5-7H2,1-2H3. The van der Waals surface area contributed by atoms with Gasteiger partial charge in [0.1, 0.15) is 5.76 Å². The van der Waals surface area contributed by atoms with Crippen LogP contribution >= 0.6 is 11.6 Å². The molecule has 1 atom stereocenters. The van der Waals surface area contributed by atoms with Crippen molar-refractivity contribution in [3.63, 3.8) is 0 Å². The molecule has 0 bridgehead atoms. The van der Waals surface area contributed by atoms with Gasteiger partial charge in [-0.05, 0) is 12.1 Å². The monoisotopic (exact) mass is 297 g/mol. The molecule has 0 aliphatic rings. The Morgan fingerprint density at radius 3 is 2.67 bits per heavy atom. The van der Waals surface area contributed by atoms with Gasteiger partial charge in [-0.15, -0.1) is 11.6 Å². The van der Waals surface area contributed by atoms with Crippen molar-refractivity contribution in [1.82, 2.24) is 4.72 Å². The van der Waals surface area contributed by atoms with E-state index in [1.807, 2.05) is 0 Å². The second-order valence-corrected chi connectivity index (χ2v) is 5.48. The van der Waals surface area contributed by atoms with Crippen molar-refractivity contribution < 1.29 is 22.3 Å². The zero-order chi connectivity index (χ0) is 13.6. The number of ether oxygens (including phenoxy) is 2. The lowest BCUT2D eigenvalue weighted by atomic mass is 10.4. The molecule has 1 unspecified atom stereocenters. The zero-order valence-electron chi connectivity index (χ0n) is 10.2. The molecule has 0 radical (unpaired) electrons. The maximum Gasteiger partial charge on any atom is 0.274 e. The molecule has 0 aromatic carbocycles. The highest BCUT2D eigenvalue weighted by Gasteiger charge is 2.20. The summed E-state index contributed by atoms with van der Waals surface area (Å²) in [6, 6.07) is 2.88. The molecule has 0 spiro atoms. The summed E-state index contributed by atoms with van der Waals surface area (Å²) in [6.07, 6.45) is -0.354. The summed E-state index contributed by atoms with van der Waals surface area (Å²) in [7, 11) is -0.688. The van der Waals surface area contributed by atoms with Gasteiger partial charge in [0.2, 0.25) is 5.09 Å². The van der Waals surface area contributed by atoms with Gasteiger partial charge in [0.25, 0.3) is 10.0 Å². The third-order valence-corrected chi connectivity index (χ3v) is 3.78. The Labute approximate surface area is 111 Å². The highest BCUT2D eigenvalue weighted by Crippen LogP contribution is 2.15. The third-order valence-electron chi connectivity index (χ3n) is 2.22. The molecule has 1 aromatic heterocycles. The first kappa shape index (κ1) is 15.5. The Bertz CT molecular complexity index is 459. The van der Waals surface area contributed by atoms with Crippen molar-refractivity contribution in [2.45, 2.75) is 17.1 Å². The fourth-order valence-electron chi connectivity index (χ4n) is 1.24. The minimum Gasteiger partial charge on any atom is -0.447 e. The van der Waals surface area contributed by atoms with E-state index in [4.69, 9.17) is 25.5 Å². The van der Waals surface area contributed by atoms with Crippen LogP contribution in [0.5, 0.6) is 0 Å². The summed E-state index contributed by atoms with van der Waals surface area (Å²) in [5, 5.41) is -0.162. The molecule has 1 heterocycles. The molecule has 1 aromatic rings. The Kier molecular flexibility index (Phi) is 6.10. The molecule has 18 heavy (non-hydrogen) atoms. The highest BCUT2D eigenvalue weighted by atomic mass is 35.5. The van der Waals surface area contributed by atoms with Crippen LogP contribution in [0.25, 0.3) is 0 Å². The average Bonchev–Trinajstić information content (AvgIpc) is 2.84. The molecule has 6 nitrogen and oxygen atoms in total. The summed E-state index contributed by atoms with van der Waals surface area (Å²) in [4.78, 5) is 0. The number of halogens is 1. The Morgan fingerprint density at radius 1 is 1.44 bits per heavy atom. The van der Waals surface area contributed by atoms with Gasteiger partial charge in [-0.25, -0.2) is 13.1 Å². The number of hydrogen-bond donors (Lipinski definition) is 1. The van der Waals surface area contributed by atoms with Crippen molar-refractivity contribution in [2.75, 3.05) is 27.4 Å². The van der Waals surface area contributed by atoms with Crippen LogP contribution in [0, 0.1) is 0 Å². The van der Waals surface area contributed by atoms with E-state index in [0.717, 1.165) is 0 Å². The van der Waals surface area contributed by atoms with Gasteiger partial charge < -0.3 is 13.9 Å². The summed E-state index contributed by atoms with van der Waals surface area (Å²) >= 11 is 5.54. The van der Waals surface area contributed by atoms with Gasteiger partial charge >= 0.3 is 0 Å². The molecular formula is C10H16ClNO5S. The summed E-state index contributed by atoms with van der Waals surface area (Å²) in [5.41, 5.74) is 0. The van der Waals surface area contributed by atoms with E-state index in [1.54, 1.807) is 0 Å². The minimum absolute atomic E-state index is 0.101. The van der Waals surface area contributed by atoms with Crippen molar-refractivity contribution in [1.29, 1.82) is 0 Å². The number of alkyl halides is 1. The van der Waals surface area contributed by atoms with E-state index < -0.39 is 10.0 Å². The first-order chi connectivity index (χ1) is 8.53. The molecule has 0 fully saturated rings. The third kappa shape index (κ3) is 4.25. The van der Waals surface area contributed by atoms with Crippen LogP contribution in [-0.2, 0) is 25.4 Å². The molecule has 0 aliphatic carbocycles. The Morgan fingerprint density at radius 2 is 2.17 bits per heavy atom. The normalized spacial score (nSPS) is 13.7. The average molecular weight is 298 g/mol. The highest BCUT2D eigenvalue weighted by molar-refractivity contribution is 7.89. The first-order valence-corrected chi connectivity index (χ1v) is 7.21. The van der Waals surface area contributed by atoms with Crippen molar-refractivity contribution >= 4 is 21.6 Å². The number of furan rings is 1. The molecule has 0 saturated carbocycles. The van der Waals surface area contributed by atoms with Crippen LogP contribution in [0.3, 0.4) is 0 Å². The van der Waals surface area contributed by atoms with Gasteiger partial charge in [0.05, 0.1) is 18.6 Å². The number of sulfonamides is 1. The summed E-state index contributed by atoms with van der Waals surface area (Å²) in [5.74, 6) is 0.525. The smallest absolute Gasteiger partial charge is 0.274 e. The van der Waals surface area contributed by atoms with Gasteiger partial charge in [-0.1, -0.05) is 0 Å². The van der Waals surface area contributed by atoms with Gasteiger partial charge in [0, 0.05) is 20.8 Å². The van der Waals surface area contributed by atoms with Crippen molar-refractivity contribution in [3.05, 3.63) is 17.9 Å². The lowest BCUT2D eigenvalue weighted by Gasteiger charge is -2.14. The lowest BCUT2D eigenvalue weighted by molar-refractivity contribution is 0.0319. The second kappa shape index (κ2) is 7.10. The minimum atomic E-state index is -3.68. The quantitative estimate of drug-likeness (QED) is 0.723. The number of nitrogens with one attached hydrogen (secondary N) is 1. The number of rotatable bonds is 8. The van der Waals surface area contributed by atoms with E-state index >= 15 is 0 Å². The topological polar surface area (TPSA) is 77.8 Å². The first-order valence-electron chi connectivity index (χ1n) is 5.19. The predicted octanol–water partition coefficient (Wildman–Crippen LogP) is 0.958. The Balaban J connectivity index is 2.64. The van der Waals surface area contributed by atoms with E-state index in [9.17, 15) is 8.42 Å². The Hall–Kier alpha value is -0.600. The summed E-state index contributed by atoms with van der Waals surface area (Å²) in [6.45, 7) is 0.397. The maximum atomic E-state index is 11.8. The van der Waals surface area contributed by atoms with Crippen molar-refractivity contribution in [2.24, 2.45) is 0 Å². The molecule has 0 saturated heterocycles. The van der Waals surface area contributed by atoms with Gasteiger partial charge in [-0.3, -0.25) is 0 Å². The molecule has 8 heteroatoms. The van der Waals surface area contributed by atoms with E-state index in [-0.39, 0.29) is 23.6 Å². The number of hydrogen-bond acceptors (Lipinski definition) is 5. The van der Waals surface area contributed by atoms with Crippen LogP contribution in [-0.4, -0.2) is 41.9 Å². The van der Waals surface area contributed by atoms with E-state index in [2.05, 4.69) is 4.72 Å². The fraction of sp³-hybridized carbons (Fsp3) is 0.600. The van der Waals surface area contributed by atoms with Crippen LogP contribution in [0.15, 0.2) is 21.6 Å². The molecule has 0 aliphatic heterocycles. The van der Waals surface area contributed by atoms with Gasteiger partial charge in [0.15, 0.2) is 0 Å². The molecule has 1 N–H and O–H groups in total. The number of methoxy groups -OCH3 is 2. The molecular weight excluding hydrogens is 282 g/mol. The van der Waals surface area contributed by atoms with E-state index in [0.29, 0.717) is 12.4 Å². The lowest BCUT2D eigenvalue weighted by Crippen LogP contribution is -2.35. The maximum absolute atomic E-state index is 11.8. The fourth-order valence-corrected chi connectivity index (χ4v) is 2.40. The van der Waals surface area contributed by atoms with Crippen molar-refractivity contribution in [3.8, 4) is 0 Å². The zero-order valence-corrected chi connectivity index (χ0v) is 11.8. The SMILES string of the molecule is COCC(CNS(=O)(=O)c1ccc(CCl)o1)OC. The van der Waals surface area contributed by atoms with E-state index in [1.165, 1.54) is 26.4 Å². The largest absolute Gasteiger partial charge is 0.447 e. The second-order valence-electron chi connectivity index (χ2n) is 3.52. The van der Waals surface area contributed by atoms with Crippen LogP contribution in [0.1, 0.15) is 5.76 Å². The molecule has 104 valence electrons. The van der Waals surface area contributed by atoms with Gasteiger partial charge in [-0.2, -0.15) is 0 Å². The summed E-state index contributed by atoms with van der Waals surface area (Å²) < 4.78 is 41.1.